The Bertz CT molecular complexity index is 165. The van der Waals surface area contributed by atoms with Gasteiger partial charge in [0.2, 0.25) is 5.56 Å². The van der Waals surface area contributed by atoms with E-state index in [4.69, 9.17) is 21.9 Å². The van der Waals surface area contributed by atoms with Gasteiger partial charge in [0, 0.05) is 6.61 Å². The van der Waals surface area contributed by atoms with Crippen molar-refractivity contribution < 1.29 is 20.1 Å². The first-order valence-corrected chi connectivity index (χ1v) is 4.33. The van der Waals surface area contributed by atoms with Gasteiger partial charge in [-0.3, -0.25) is 0 Å². The molecule has 2 N–H and O–H groups in total. The quantitative estimate of drug-likeness (QED) is 0.293. The number of aliphatic hydroxyl groups is 1. The SMILES string of the molecule is CC(Cl)O/N=[N+](\O)N(C)CCCO. The smallest absolute Gasteiger partial charge is 0.275 e. The molecule has 0 aromatic rings. The summed E-state index contributed by atoms with van der Waals surface area (Å²) in [5.74, 6) is 0. The maximum Gasteiger partial charge on any atom is 0.275 e. The van der Waals surface area contributed by atoms with Gasteiger partial charge in [-0.05, 0) is 13.3 Å². The maximum absolute atomic E-state index is 9.12. The molecule has 78 valence electrons. The molecule has 0 aliphatic heterocycles. The molecule has 13 heavy (non-hydrogen) atoms. The van der Waals surface area contributed by atoms with Gasteiger partial charge in [-0.1, -0.05) is 11.6 Å². The number of halogens is 1. The zero-order valence-corrected chi connectivity index (χ0v) is 8.48. The second kappa shape index (κ2) is 6.73. The van der Waals surface area contributed by atoms with Crippen molar-refractivity contribution in [2.24, 2.45) is 5.28 Å². The van der Waals surface area contributed by atoms with E-state index in [0.29, 0.717) is 17.9 Å². The van der Waals surface area contributed by atoms with Crippen molar-refractivity contribution >= 4 is 11.6 Å². The first kappa shape index (κ1) is 12.2. The Kier molecular flexibility index (Phi) is 6.34. The minimum Gasteiger partial charge on any atom is -0.396 e. The molecule has 0 fully saturated rings. The van der Waals surface area contributed by atoms with Crippen LogP contribution in [0.15, 0.2) is 5.28 Å². The predicted molar refractivity (Wildman–Crippen MR) is 45.2 cm³/mol. The van der Waals surface area contributed by atoms with Crippen LogP contribution >= 0.6 is 11.6 Å². The molecule has 1 unspecified atom stereocenters. The van der Waals surface area contributed by atoms with E-state index in [-0.39, 0.29) is 6.61 Å². The molecule has 0 saturated heterocycles. The van der Waals surface area contributed by atoms with Crippen molar-refractivity contribution in [2.45, 2.75) is 18.9 Å². The summed E-state index contributed by atoms with van der Waals surface area (Å²) in [5.41, 5.74) is -0.596. The normalized spacial score (nSPS) is 14.0. The van der Waals surface area contributed by atoms with Crippen molar-refractivity contribution in [3.05, 3.63) is 0 Å². The summed E-state index contributed by atoms with van der Waals surface area (Å²) in [4.78, 5) is 5.10. The Labute approximate surface area is 81.9 Å². The van der Waals surface area contributed by atoms with Gasteiger partial charge in [0.05, 0.1) is 13.6 Å². The van der Waals surface area contributed by atoms with E-state index in [9.17, 15) is 0 Å². The maximum atomic E-state index is 9.12. The third kappa shape index (κ3) is 6.41. The lowest BCUT2D eigenvalue weighted by Crippen LogP contribution is -2.29. The Hall–Kier alpha value is -0.750. The van der Waals surface area contributed by atoms with E-state index in [0.717, 1.165) is 0 Å². The Balaban J connectivity index is 3.79. The number of hydrogen-bond donors (Lipinski definition) is 2. The number of hydrazine groups is 1. The Morgan fingerprint density at radius 2 is 2.31 bits per heavy atom. The zero-order chi connectivity index (χ0) is 10.3. The van der Waals surface area contributed by atoms with Crippen LogP contribution in [-0.4, -0.2) is 46.1 Å². The fraction of sp³-hybridized carbons (Fsp3) is 1.00. The zero-order valence-electron chi connectivity index (χ0n) is 7.72. The van der Waals surface area contributed by atoms with Crippen molar-refractivity contribution in [2.75, 3.05) is 20.2 Å². The molecule has 0 saturated carbocycles. The van der Waals surface area contributed by atoms with Crippen LogP contribution in [0.1, 0.15) is 13.3 Å². The number of alkyl halides is 1. The number of hydrogen-bond acceptors (Lipinski definition) is 3. The average Bonchev–Trinajstić information content (AvgIpc) is 2.10. The molecule has 7 heteroatoms. The molecule has 0 radical (unpaired) electrons. The fourth-order valence-electron chi connectivity index (χ4n) is 0.558. The standard InChI is InChI=1S/C6H15ClN3O3/c1-6(7)13-8-10(12)9(2)4-3-5-11/h6,11H,3-5H2,1-2H3,(H,8,12)/q+1. The highest BCUT2D eigenvalue weighted by Crippen LogP contribution is 1.96. The van der Waals surface area contributed by atoms with E-state index in [1.807, 2.05) is 0 Å². The first-order chi connectivity index (χ1) is 6.07. The Morgan fingerprint density at radius 1 is 1.69 bits per heavy atom. The molecule has 6 nitrogen and oxygen atoms in total. The van der Waals surface area contributed by atoms with E-state index in [1.165, 1.54) is 5.01 Å². The monoisotopic (exact) mass is 212 g/mol. The van der Waals surface area contributed by atoms with Gasteiger partial charge >= 0.3 is 0 Å². The largest absolute Gasteiger partial charge is 0.396 e. The van der Waals surface area contributed by atoms with Crippen molar-refractivity contribution in [3.63, 3.8) is 0 Å². The molecule has 0 heterocycles. The number of rotatable bonds is 6. The van der Waals surface area contributed by atoms with Crippen molar-refractivity contribution in [3.8, 4) is 0 Å². The molecule has 0 amide bonds. The molecule has 0 aliphatic carbocycles. The van der Waals surface area contributed by atoms with Gasteiger partial charge in [-0.2, -0.15) is 0 Å². The van der Waals surface area contributed by atoms with Gasteiger partial charge in [-0.25, -0.2) is 5.21 Å². The van der Waals surface area contributed by atoms with Gasteiger partial charge in [0.25, 0.3) is 10.2 Å². The summed E-state index contributed by atoms with van der Waals surface area (Å²) in [6, 6.07) is 0. The van der Waals surface area contributed by atoms with Crippen LogP contribution in [0, 0.1) is 0 Å². The van der Waals surface area contributed by atoms with Crippen LogP contribution in [0.2, 0.25) is 0 Å². The van der Waals surface area contributed by atoms with Crippen molar-refractivity contribution in [1.82, 2.24) is 5.01 Å². The van der Waals surface area contributed by atoms with E-state index < -0.39 is 5.56 Å². The molecule has 0 aromatic carbocycles. The van der Waals surface area contributed by atoms with Gasteiger partial charge in [-0.15, -0.1) is 5.01 Å². The number of nitrogens with zero attached hydrogens (tertiary/aromatic N) is 3. The molecular weight excluding hydrogens is 198 g/mol. The van der Waals surface area contributed by atoms with E-state index in [1.54, 1.807) is 14.0 Å². The summed E-state index contributed by atoms with van der Waals surface area (Å²) < 4.78 is 0. The topological polar surface area (TPSA) is 68.3 Å². The Morgan fingerprint density at radius 3 is 2.77 bits per heavy atom. The molecule has 0 rings (SSSR count). The summed E-state index contributed by atoms with van der Waals surface area (Å²) in [6.45, 7) is 2.11. The lowest BCUT2D eigenvalue weighted by molar-refractivity contribution is -0.938. The highest BCUT2D eigenvalue weighted by atomic mass is 35.5. The minimum atomic E-state index is -0.596. The summed E-state index contributed by atoms with van der Waals surface area (Å²) in [7, 11) is 1.60. The molecule has 0 aromatic heterocycles. The van der Waals surface area contributed by atoms with Crippen molar-refractivity contribution in [1.29, 1.82) is 0 Å². The van der Waals surface area contributed by atoms with Crippen LogP contribution in [0.4, 0.5) is 0 Å². The van der Waals surface area contributed by atoms with E-state index >= 15 is 0 Å². The van der Waals surface area contributed by atoms with Gasteiger partial charge in [0.15, 0.2) is 0 Å². The second-order valence-electron chi connectivity index (χ2n) is 2.46. The first-order valence-electron chi connectivity index (χ1n) is 3.89. The average molecular weight is 213 g/mol. The third-order valence-corrected chi connectivity index (χ3v) is 1.29. The predicted octanol–water partition coefficient (Wildman–Crippen LogP) is 0.586. The fourth-order valence-corrected chi connectivity index (χ4v) is 0.594. The van der Waals surface area contributed by atoms with Gasteiger partial charge in [0.1, 0.15) is 0 Å². The number of aliphatic hydroxyl groups excluding tert-OH is 1. The van der Waals surface area contributed by atoms with Crippen LogP contribution in [0.5, 0.6) is 0 Å². The minimum absolute atomic E-state index is 0.0605. The highest BCUT2D eigenvalue weighted by Gasteiger charge is 2.12. The second-order valence-corrected chi connectivity index (χ2v) is 3.07. The lowest BCUT2D eigenvalue weighted by atomic mass is 10.4. The van der Waals surface area contributed by atoms with Crippen LogP contribution < -0.4 is 0 Å². The summed E-state index contributed by atoms with van der Waals surface area (Å²) in [6.07, 6.45) is 0.541. The van der Waals surface area contributed by atoms with Crippen LogP contribution in [-0.2, 0) is 4.84 Å². The summed E-state index contributed by atoms with van der Waals surface area (Å²) in [5, 5.41) is 22.3. The molecule has 1 atom stereocenters. The molecule has 0 aliphatic rings. The highest BCUT2D eigenvalue weighted by molar-refractivity contribution is 6.19. The molecule has 0 spiro atoms. The molecular formula is C6H15ClN3O3+. The lowest BCUT2D eigenvalue weighted by Gasteiger charge is -2.04. The van der Waals surface area contributed by atoms with E-state index in [2.05, 4.69) is 10.1 Å². The van der Waals surface area contributed by atoms with Crippen LogP contribution in [0.25, 0.3) is 0 Å². The van der Waals surface area contributed by atoms with Gasteiger partial charge < -0.3 is 9.94 Å². The van der Waals surface area contributed by atoms with Crippen LogP contribution in [0.3, 0.4) is 0 Å². The summed E-state index contributed by atoms with van der Waals surface area (Å²) >= 11 is 5.42. The molecule has 0 bridgehead atoms. The third-order valence-electron chi connectivity index (χ3n) is 1.21.